The first-order valence-corrected chi connectivity index (χ1v) is 32.2. The van der Waals surface area contributed by atoms with Crippen molar-refractivity contribution in [3.05, 3.63) is 95.1 Å². The Morgan fingerprint density at radius 2 is 0.841 bits per heavy atom. The molecule has 0 radical (unpaired) electrons. The lowest BCUT2D eigenvalue weighted by molar-refractivity contribution is -0.163. The van der Waals surface area contributed by atoms with Crippen molar-refractivity contribution in [2.24, 2.45) is 11.8 Å². The normalized spacial score (nSPS) is 18.5. The highest BCUT2D eigenvalue weighted by Crippen LogP contribution is 2.43. The van der Waals surface area contributed by atoms with E-state index in [-0.39, 0.29) is 35.6 Å². The first kappa shape index (κ1) is 65.4. The molecule has 4 aliphatic rings. The van der Waals surface area contributed by atoms with Gasteiger partial charge in [-0.1, -0.05) is 39.8 Å². The zero-order chi connectivity index (χ0) is 63.2. The predicted octanol–water partition coefficient (Wildman–Crippen LogP) is 13.5. The molecule has 476 valence electrons. The van der Waals surface area contributed by atoms with E-state index in [9.17, 15) is 19.2 Å². The first-order valence-electron chi connectivity index (χ1n) is 32.2. The molecule has 4 aromatic carbocycles. The summed E-state index contributed by atoms with van der Waals surface area (Å²) in [7, 11) is 6.63. The second-order valence-corrected chi connectivity index (χ2v) is 27.4. The van der Waals surface area contributed by atoms with E-state index in [1.54, 1.807) is 28.4 Å². The molecule has 0 unspecified atom stereocenters. The molecular weight excluding hydrogens is 1110 g/mol. The van der Waals surface area contributed by atoms with Gasteiger partial charge in [0.05, 0.1) is 64.8 Å². The first-order chi connectivity index (χ1) is 41.9. The average molecular weight is 1210 g/mol. The fourth-order valence-electron chi connectivity index (χ4n) is 13.7. The smallest absolute Gasteiger partial charge is 0.310 e. The molecule has 6 aromatic rings. The van der Waals surface area contributed by atoms with Crippen LogP contribution in [-0.4, -0.2) is 158 Å². The number of aromatic amines is 2. The lowest BCUT2D eigenvalue weighted by atomic mass is 9.87. The second-order valence-electron chi connectivity index (χ2n) is 27.4. The van der Waals surface area contributed by atoms with E-state index in [0.29, 0.717) is 72.8 Å². The van der Waals surface area contributed by atoms with Crippen molar-refractivity contribution in [2.45, 2.75) is 155 Å². The topological polar surface area (TPSA) is 168 Å². The largest absolute Gasteiger partial charge is 0.493 e. The maximum absolute atomic E-state index is 13.3. The number of hydrogen-bond acceptors (Lipinski definition) is 12. The van der Waals surface area contributed by atoms with Gasteiger partial charge >= 0.3 is 11.9 Å². The van der Waals surface area contributed by atoms with Crippen molar-refractivity contribution in [3.63, 3.8) is 0 Å². The Bertz CT molecular complexity index is 3180. The van der Waals surface area contributed by atoms with Crippen LogP contribution in [0.4, 0.5) is 0 Å². The molecule has 2 N–H and O–H groups in total. The Hall–Kier alpha value is -7.04. The van der Waals surface area contributed by atoms with E-state index in [1.165, 1.54) is 33.0 Å². The van der Waals surface area contributed by atoms with Crippen LogP contribution in [0, 0.1) is 11.8 Å². The van der Waals surface area contributed by atoms with E-state index < -0.39 is 11.2 Å². The number of hydrogen-bond donors (Lipinski definition) is 2. The van der Waals surface area contributed by atoms with Crippen LogP contribution < -0.4 is 18.9 Å². The number of benzene rings is 4. The number of ether oxygens (including phenoxy) is 6. The second kappa shape index (κ2) is 28.2. The third-order valence-electron chi connectivity index (χ3n) is 18.1. The molecule has 4 saturated heterocycles. The summed E-state index contributed by atoms with van der Waals surface area (Å²) in [4.78, 5) is 67.5. The van der Waals surface area contributed by atoms with E-state index in [4.69, 9.17) is 28.4 Å². The fraction of sp³-hybridized carbons (Fsp3) is 0.556. The van der Waals surface area contributed by atoms with Gasteiger partial charge in [0.1, 0.15) is 11.2 Å². The molecule has 6 heterocycles. The molecule has 16 heteroatoms. The summed E-state index contributed by atoms with van der Waals surface area (Å²) in [6, 6.07) is 25.7. The van der Waals surface area contributed by atoms with Gasteiger partial charge in [-0.2, -0.15) is 0 Å². The van der Waals surface area contributed by atoms with Crippen LogP contribution in [0.1, 0.15) is 167 Å². The van der Waals surface area contributed by atoms with Crippen LogP contribution in [-0.2, 0) is 28.7 Å². The van der Waals surface area contributed by atoms with Crippen LogP contribution in [0.15, 0.2) is 72.8 Å². The van der Waals surface area contributed by atoms with E-state index in [1.807, 2.05) is 75.6 Å². The van der Waals surface area contributed by atoms with Gasteiger partial charge in [0.25, 0.3) is 0 Å². The number of carbonyl (C=O) groups excluding carboxylic acids is 4. The maximum Gasteiger partial charge on any atom is 0.310 e. The van der Waals surface area contributed by atoms with Gasteiger partial charge < -0.3 is 48.2 Å². The van der Waals surface area contributed by atoms with Crippen LogP contribution >= 0.6 is 0 Å². The Morgan fingerprint density at radius 1 is 0.477 bits per heavy atom. The lowest BCUT2D eigenvalue weighted by Crippen LogP contribution is -2.48. The number of nitrogens with zero attached hydrogens (tertiary/aromatic N) is 4. The SMILES string of the molecule is COc1ccc(-c2[nH]c3ccc(C4CCN(C(=O)CN5CCC[C@@H](C(=O)OC(C)(C)C)C5)CC4)cc3c2C(C)C)cc1OC.COc1ccc(-c2[nH]c3ccc(C4CCN(C(=O)CN5CCC[C@H](C(=O)OC(C)(C)C)C5)CC4)cc3c2C(C)C)cc1OC. The van der Waals surface area contributed by atoms with Crippen LogP contribution in [0.2, 0.25) is 0 Å². The number of likely N-dealkylation sites (tertiary alicyclic amines) is 4. The molecular formula is C72H98N6O10. The molecule has 0 aliphatic carbocycles. The molecule has 10 rings (SSSR count). The zero-order valence-electron chi connectivity index (χ0n) is 55.0. The Kier molecular flexibility index (Phi) is 21.0. The summed E-state index contributed by atoms with van der Waals surface area (Å²) in [5.74, 6) is 4.04. The number of carbonyl (C=O) groups is 4. The summed E-state index contributed by atoms with van der Waals surface area (Å²) in [6.45, 7) is 27.0. The van der Waals surface area contributed by atoms with Gasteiger partial charge in [0.15, 0.2) is 23.0 Å². The molecule has 2 aromatic heterocycles. The van der Waals surface area contributed by atoms with Crippen LogP contribution in [0.3, 0.4) is 0 Å². The Labute approximate surface area is 522 Å². The fourth-order valence-corrected chi connectivity index (χ4v) is 13.7. The van der Waals surface area contributed by atoms with Gasteiger partial charge in [0.2, 0.25) is 11.8 Å². The van der Waals surface area contributed by atoms with Crippen LogP contribution in [0.5, 0.6) is 23.0 Å². The van der Waals surface area contributed by atoms with E-state index >= 15 is 0 Å². The van der Waals surface area contributed by atoms with Crippen molar-refractivity contribution in [3.8, 4) is 45.5 Å². The Morgan fingerprint density at radius 3 is 1.17 bits per heavy atom. The third-order valence-corrected chi connectivity index (χ3v) is 18.1. The van der Waals surface area contributed by atoms with Crippen molar-refractivity contribution < 1.29 is 47.6 Å². The number of esters is 2. The highest BCUT2D eigenvalue weighted by molar-refractivity contribution is 5.93. The molecule has 2 amide bonds. The summed E-state index contributed by atoms with van der Waals surface area (Å²) in [6.07, 6.45) is 7.25. The monoisotopic (exact) mass is 1210 g/mol. The third kappa shape index (κ3) is 15.7. The van der Waals surface area contributed by atoms with Gasteiger partial charge in [0, 0.05) is 72.2 Å². The standard InChI is InChI=1S/2C36H49N3O5/c2*1-23(2)33-28-19-25(10-12-29(28)37-34(33)26-11-13-30(42-6)31(20-26)43-7)24-14-17-39(18-15-24)32(40)22-38-16-8-9-27(21-38)35(41)44-36(3,4)5/h2*10-13,19-20,23-24,27,37H,8-9,14-18,21-22H2,1-7H3/t2*27-/m10/s1. The van der Waals surface area contributed by atoms with Gasteiger partial charge in [-0.25, -0.2) is 0 Å². The minimum atomic E-state index is -0.492. The highest BCUT2D eigenvalue weighted by atomic mass is 16.6. The average Bonchev–Trinajstić information content (AvgIpc) is 1.71. The van der Waals surface area contributed by atoms with Gasteiger partial charge in [-0.3, -0.25) is 29.0 Å². The number of fused-ring (bicyclic) bond motifs is 2. The van der Waals surface area contributed by atoms with Gasteiger partial charge in [-0.05, 0) is 213 Å². The molecule has 0 bridgehead atoms. The summed E-state index contributed by atoms with van der Waals surface area (Å²) >= 11 is 0. The minimum Gasteiger partial charge on any atom is -0.493 e. The quantitative estimate of drug-likeness (QED) is 0.0881. The van der Waals surface area contributed by atoms with Gasteiger partial charge in [-0.15, -0.1) is 0 Å². The number of piperidine rings is 4. The van der Waals surface area contributed by atoms with Crippen molar-refractivity contribution >= 4 is 45.6 Å². The zero-order valence-corrected chi connectivity index (χ0v) is 55.0. The Balaban J connectivity index is 0.000000209. The van der Waals surface area contributed by atoms with Crippen molar-refractivity contribution in [1.82, 2.24) is 29.6 Å². The number of nitrogens with one attached hydrogen (secondary N) is 2. The van der Waals surface area contributed by atoms with Crippen molar-refractivity contribution in [1.29, 1.82) is 0 Å². The lowest BCUT2D eigenvalue weighted by Gasteiger charge is -2.36. The number of H-pyrrole nitrogens is 2. The summed E-state index contributed by atoms with van der Waals surface area (Å²) < 4.78 is 33.3. The molecule has 2 atom stereocenters. The molecule has 88 heavy (non-hydrogen) atoms. The van der Waals surface area contributed by atoms with E-state index in [0.717, 1.165) is 124 Å². The summed E-state index contributed by atoms with van der Waals surface area (Å²) in [5.41, 5.74) is 10.9. The number of aromatic nitrogens is 2. The predicted molar refractivity (Wildman–Crippen MR) is 349 cm³/mol. The highest BCUT2D eigenvalue weighted by Gasteiger charge is 2.35. The van der Waals surface area contributed by atoms with Crippen LogP contribution in [0.25, 0.3) is 44.3 Å². The minimum absolute atomic E-state index is 0.147. The molecule has 0 saturated carbocycles. The number of amides is 2. The number of rotatable bonds is 16. The summed E-state index contributed by atoms with van der Waals surface area (Å²) in [5, 5.41) is 2.51. The maximum atomic E-state index is 13.3. The van der Waals surface area contributed by atoms with Crippen molar-refractivity contribution in [2.75, 3.05) is 93.9 Å². The van der Waals surface area contributed by atoms with E-state index in [2.05, 4.69) is 96.0 Å². The molecule has 16 nitrogen and oxygen atoms in total. The molecule has 4 fully saturated rings. The molecule has 0 spiro atoms. The molecule has 4 aliphatic heterocycles. The number of methoxy groups -OCH3 is 4.